The van der Waals surface area contributed by atoms with Crippen LogP contribution in [0, 0.1) is 6.92 Å². The Kier molecular flexibility index (Phi) is 4.86. The first kappa shape index (κ1) is 15.1. The average Bonchev–Trinajstić information content (AvgIpc) is 2.99. The fourth-order valence-electron chi connectivity index (χ4n) is 1.58. The molecule has 0 saturated heterocycles. The van der Waals surface area contributed by atoms with Gasteiger partial charge in [-0.3, -0.25) is 0 Å². The van der Waals surface area contributed by atoms with Crippen LogP contribution in [0.2, 0.25) is 0 Å². The molecule has 0 atom stereocenters. The third kappa shape index (κ3) is 3.85. The SMILES string of the molecule is CNCc1ccc(S(=O)(=O)NCCc2noc(C)n2)s1. The van der Waals surface area contributed by atoms with E-state index in [2.05, 4.69) is 20.2 Å². The summed E-state index contributed by atoms with van der Waals surface area (Å²) in [7, 11) is -1.65. The number of aromatic nitrogens is 2. The molecule has 0 aliphatic heterocycles. The first-order chi connectivity index (χ1) is 9.51. The molecule has 0 spiro atoms. The molecule has 0 aliphatic rings. The molecular weight excluding hydrogens is 300 g/mol. The van der Waals surface area contributed by atoms with Crippen LogP contribution < -0.4 is 10.0 Å². The fraction of sp³-hybridized carbons (Fsp3) is 0.455. The Bertz CT molecular complexity index is 663. The van der Waals surface area contributed by atoms with Crippen molar-refractivity contribution in [2.24, 2.45) is 0 Å². The van der Waals surface area contributed by atoms with Gasteiger partial charge >= 0.3 is 0 Å². The van der Waals surface area contributed by atoms with Crippen LogP contribution in [0.4, 0.5) is 0 Å². The lowest BCUT2D eigenvalue weighted by Crippen LogP contribution is -2.25. The van der Waals surface area contributed by atoms with Crippen molar-refractivity contribution in [2.45, 2.75) is 24.1 Å². The molecule has 0 bridgehead atoms. The normalized spacial score (nSPS) is 11.9. The van der Waals surface area contributed by atoms with Crippen LogP contribution in [-0.4, -0.2) is 32.2 Å². The van der Waals surface area contributed by atoms with Gasteiger partial charge in [0.25, 0.3) is 0 Å². The summed E-state index contributed by atoms with van der Waals surface area (Å²) in [4.78, 5) is 4.99. The first-order valence-electron chi connectivity index (χ1n) is 6.03. The van der Waals surface area contributed by atoms with Crippen molar-refractivity contribution in [3.8, 4) is 0 Å². The van der Waals surface area contributed by atoms with E-state index in [0.717, 1.165) is 4.88 Å². The summed E-state index contributed by atoms with van der Waals surface area (Å²) in [5, 5.41) is 6.69. The van der Waals surface area contributed by atoms with Crippen molar-refractivity contribution in [1.82, 2.24) is 20.2 Å². The zero-order valence-corrected chi connectivity index (χ0v) is 12.8. The van der Waals surface area contributed by atoms with Crippen molar-refractivity contribution >= 4 is 21.4 Å². The number of nitrogens with zero attached hydrogens (tertiary/aromatic N) is 2. The van der Waals surface area contributed by atoms with Crippen LogP contribution in [-0.2, 0) is 23.0 Å². The van der Waals surface area contributed by atoms with Gasteiger partial charge in [-0.2, -0.15) is 4.98 Å². The van der Waals surface area contributed by atoms with E-state index < -0.39 is 10.0 Å². The Morgan fingerprint density at radius 2 is 2.20 bits per heavy atom. The molecule has 0 saturated carbocycles. The number of hydrogen-bond acceptors (Lipinski definition) is 7. The Hall–Kier alpha value is -1.29. The van der Waals surface area contributed by atoms with Gasteiger partial charge in [0, 0.05) is 31.3 Å². The molecule has 110 valence electrons. The summed E-state index contributed by atoms with van der Waals surface area (Å²) < 4.78 is 31.8. The van der Waals surface area contributed by atoms with E-state index in [4.69, 9.17) is 4.52 Å². The topological polar surface area (TPSA) is 97.1 Å². The number of rotatable bonds is 7. The minimum absolute atomic E-state index is 0.237. The second-order valence-corrected chi connectivity index (χ2v) is 7.29. The van der Waals surface area contributed by atoms with Gasteiger partial charge in [-0.1, -0.05) is 5.16 Å². The molecule has 0 aromatic carbocycles. The zero-order valence-electron chi connectivity index (χ0n) is 11.2. The predicted molar refractivity (Wildman–Crippen MR) is 75.0 cm³/mol. The molecule has 2 aromatic heterocycles. The monoisotopic (exact) mass is 316 g/mol. The van der Waals surface area contributed by atoms with Gasteiger partial charge in [0.2, 0.25) is 15.9 Å². The molecule has 0 radical (unpaired) electrons. The summed E-state index contributed by atoms with van der Waals surface area (Å²) in [5.74, 6) is 0.963. The molecule has 0 unspecified atom stereocenters. The second-order valence-electron chi connectivity index (χ2n) is 4.13. The van der Waals surface area contributed by atoms with Gasteiger partial charge in [-0.15, -0.1) is 11.3 Å². The lowest BCUT2D eigenvalue weighted by Gasteiger charge is -2.02. The third-order valence-corrected chi connectivity index (χ3v) is 5.50. The molecule has 7 nitrogen and oxygen atoms in total. The second kappa shape index (κ2) is 6.44. The van der Waals surface area contributed by atoms with Crippen molar-refractivity contribution in [1.29, 1.82) is 0 Å². The average molecular weight is 316 g/mol. The molecule has 2 N–H and O–H groups in total. The van der Waals surface area contributed by atoms with Crippen LogP contribution >= 0.6 is 11.3 Å². The van der Waals surface area contributed by atoms with Crippen LogP contribution in [0.3, 0.4) is 0 Å². The molecule has 0 amide bonds. The zero-order chi connectivity index (χ0) is 14.6. The van der Waals surface area contributed by atoms with Crippen molar-refractivity contribution < 1.29 is 12.9 Å². The van der Waals surface area contributed by atoms with Gasteiger partial charge in [-0.25, -0.2) is 13.1 Å². The van der Waals surface area contributed by atoms with Crippen LogP contribution in [0.15, 0.2) is 20.9 Å². The highest BCUT2D eigenvalue weighted by atomic mass is 32.2. The molecule has 2 aromatic rings. The Labute approximate surface area is 121 Å². The molecule has 20 heavy (non-hydrogen) atoms. The number of hydrogen-bond donors (Lipinski definition) is 2. The Morgan fingerprint density at radius 3 is 2.85 bits per heavy atom. The smallest absolute Gasteiger partial charge is 0.250 e. The van der Waals surface area contributed by atoms with Gasteiger partial charge < -0.3 is 9.84 Å². The van der Waals surface area contributed by atoms with Crippen molar-refractivity contribution in [3.05, 3.63) is 28.7 Å². The van der Waals surface area contributed by atoms with Crippen LogP contribution in [0.5, 0.6) is 0 Å². The summed E-state index contributed by atoms with van der Waals surface area (Å²) >= 11 is 1.25. The van der Waals surface area contributed by atoms with Crippen molar-refractivity contribution in [2.75, 3.05) is 13.6 Å². The van der Waals surface area contributed by atoms with Crippen molar-refractivity contribution in [3.63, 3.8) is 0 Å². The van der Waals surface area contributed by atoms with Crippen LogP contribution in [0.25, 0.3) is 0 Å². The largest absolute Gasteiger partial charge is 0.340 e. The third-order valence-electron chi connectivity index (χ3n) is 2.46. The van der Waals surface area contributed by atoms with E-state index in [9.17, 15) is 8.42 Å². The highest BCUT2D eigenvalue weighted by molar-refractivity contribution is 7.91. The molecule has 9 heteroatoms. The highest BCUT2D eigenvalue weighted by Gasteiger charge is 2.16. The molecular formula is C11H16N4O3S2. The fourth-order valence-corrected chi connectivity index (χ4v) is 4.03. The number of nitrogens with one attached hydrogen (secondary N) is 2. The molecule has 2 heterocycles. The van der Waals surface area contributed by atoms with Gasteiger partial charge in [-0.05, 0) is 19.2 Å². The Morgan fingerprint density at radius 1 is 1.40 bits per heavy atom. The van der Waals surface area contributed by atoms with E-state index in [0.29, 0.717) is 28.9 Å². The summed E-state index contributed by atoms with van der Waals surface area (Å²) in [6.07, 6.45) is 0.394. The molecule has 0 fully saturated rings. The number of thiophene rings is 1. The first-order valence-corrected chi connectivity index (χ1v) is 8.33. The summed E-state index contributed by atoms with van der Waals surface area (Å²) in [5.41, 5.74) is 0. The number of aryl methyl sites for hydroxylation is 1. The van der Waals surface area contributed by atoms with E-state index in [1.807, 2.05) is 7.05 Å². The maximum absolute atomic E-state index is 12.1. The minimum Gasteiger partial charge on any atom is -0.340 e. The maximum atomic E-state index is 12.1. The highest BCUT2D eigenvalue weighted by Crippen LogP contribution is 2.21. The predicted octanol–water partition coefficient (Wildman–Crippen LogP) is 0.680. The minimum atomic E-state index is -3.47. The van der Waals surface area contributed by atoms with Gasteiger partial charge in [0.1, 0.15) is 4.21 Å². The summed E-state index contributed by atoms with van der Waals surface area (Å²) in [6.45, 7) is 2.58. The van der Waals surface area contributed by atoms with Gasteiger partial charge in [0.15, 0.2) is 5.82 Å². The van der Waals surface area contributed by atoms with E-state index in [1.165, 1.54) is 11.3 Å². The van der Waals surface area contributed by atoms with Gasteiger partial charge in [0.05, 0.1) is 0 Å². The standard InChI is InChI=1S/C11H16N4O3S2/c1-8-14-10(15-18-8)5-6-13-20(16,17)11-4-3-9(19-11)7-12-2/h3-4,12-13H,5-7H2,1-2H3. The quantitative estimate of drug-likeness (QED) is 0.779. The van der Waals surface area contributed by atoms with Crippen LogP contribution in [0.1, 0.15) is 16.6 Å². The Balaban J connectivity index is 1.92. The van der Waals surface area contributed by atoms with E-state index in [-0.39, 0.29) is 6.54 Å². The lowest BCUT2D eigenvalue weighted by molar-refractivity contribution is 0.387. The summed E-state index contributed by atoms with van der Waals surface area (Å²) in [6, 6.07) is 3.41. The number of sulfonamides is 1. The van der Waals surface area contributed by atoms with E-state index >= 15 is 0 Å². The molecule has 0 aliphatic carbocycles. The van der Waals surface area contributed by atoms with E-state index in [1.54, 1.807) is 19.1 Å². The molecule has 2 rings (SSSR count). The maximum Gasteiger partial charge on any atom is 0.250 e. The lowest BCUT2D eigenvalue weighted by atomic mass is 10.4.